The number of urea groups is 1. The summed E-state index contributed by atoms with van der Waals surface area (Å²) < 4.78 is 1.75. The van der Waals surface area contributed by atoms with E-state index in [-0.39, 0.29) is 18.7 Å². The van der Waals surface area contributed by atoms with Crippen molar-refractivity contribution in [3.63, 3.8) is 0 Å². The van der Waals surface area contributed by atoms with Crippen molar-refractivity contribution < 1.29 is 9.90 Å². The Kier molecular flexibility index (Phi) is 6.47. The average Bonchev–Trinajstić information content (AvgIpc) is 2.82. The number of hydrogen-bond donors (Lipinski definition) is 2. The highest BCUT2D eigenvalue weighted by Gasteiger charge is 2.18. The van der Waals surface area contributed by atoms with Crippen LogP contribution < -0.4 is 5.32 Å². The summed E-state index contributed by atoms with van der Waals surface area (Å²) in [4.78, 5) is 15.6. The number of nitrogens with zero attached hydrogens (tertiary/aromatic N) is 4. The lowest BCUT2D eigenvalue weighted by molar-refractivity contribution is 0.176. The Hall–Kier alpha value is -1.60. The lowest BCUT2D eigenvalue weighted by Gasteiger charge is -2.26. The lowest BCUT2D eigenvalue weighted by Crippen LogP contribution is -2.44. The summed E-state index contributed by atoms with van der Waals surface area (Å²) in [5.41, 5.74) is 1.06. The Morgan fingerprint density at radius 1 is 1.55 bits per heavy atom. The highest BCUT2D eigenvalue weighted by atomic mass is 16.3. The average molecular weight is 283 g/mol. The van der Waals surface area contributed by atoms with Crippen LogP contribution in [0.3, 0.4) is 0 Å². The molecule has 0 radical (unpaired) electrons. The van der Waals surface area contributed by atoms with Gasteiger partial charge in [-0.1, -0.05) is 0 Å². The number of amides is 2. The summed E-state index contributed by atoms with van der Waals surface area (Å²) in [6.07, 6.45) is 3.75. The van der Waals surface area contributed by atoms with Gasteiger partial charge in [-0.25, -0.2) is 4.79 Å². The molecule has 0 aliphatic heterocycles. The van der Waals surface area contributed by atoms with Crippen molar-refractivity contribution in [1.29, 1.82) is 0 Å². The molecule has 1 heterocycles. The van der Waals surface area contributed by atoms with Crippen molar-refractivity contribution in [3.8, 4) is 0 Å². The second-order valence-corrected chi connectivity index (χ2v) is 4.92. The van der Waals surface area contributed by atoms with Crippen LogP contribution >= 0.6 is 0 Å². The smallest absolute Gasteiger partial charge is 0.317 e. The monoisotopic (exact) mass is 283 g/mol. The highest BCUT2D eigenvalue weighted by Crippen LogP contribution is 2.16. The molecule has 0 bridgehead atoms. The van der Waals surface area contributed by atoms with Crippen molar-refractivity contribution in [2.24, 2.45) is 7.05 Å². The molecule has 0 spiro atoms. The zero-order valence-corrected chi connectivity index (χ0v) is 12.7. The summed E-state index contributed by atoms with van der Waals surface area (Å²) >= 11 is 0. The molecular formula is C13H25N5O2. The van der Waals surface area contributed by atoms with Crippen LogP contribution in [-0.4, -0.2) is 71.1 Å². The largest absolute Gasteiger partial charge is 0.395 e. The molecule has 20 heavy (non-hydrogen) atoms. The first-order chi connectivity index (χ1) is 9.49. The second-order valence-electron chi connectivity index (χ2n) is 4.92. The molecule has 2 N–H and O–H groups in total. The maximum Gasteiger partial charge on any atom is 0.317 e. The molecule has 1 atom stereocenters. The van der Waals surface area contributed by atoms with E-state index in [1.807, 2.05) is 45.4 Å². The van der Waals surface area contributed by atoms with E-state index >= 15 is 0 Å². The molecule has 1 aromatic heterocycles. The first kappa shape index (κ1) is 16.5. The van der Waals surface area contributed by atoms with Crippen LogP contribution in [0.1, 0.15) is 18.5 Å². The summed E-state index contributed by atoms with van der Waals surface area (Å²) in [5, 5.41) is 16.0. The summed E-state index contributed by atoms with van der Waals surface area (Å²) in [5.74, 6) is 0. The third-order valence-corrected chi connectivity index (χ3v) is 3.22. The van der Waals surface area contributed by atoms with E-state index in [0.29, 0.717) is 19.6 Å². The van der Waals surface area contributed by atoms with Crippen LogP contribution in [0, 0.1) is 0 Å². The molecule has 0 aliphatic rings. The highest BCUT2D eigenvalue weighted by molar-refractivity contribution is 5.74. The van der Waals surface area contributed by atoms with Gasteiger partial charge in [0, 0.05) is 38.4 Å². The van der Waals surface area contributed by atoms with E-state index < -0.39 is 0 Å². The topological polar surface area (TPSA) is 73.6 Å². The quantitative estimate of drug-likeness (QED) is 0.741. The predicted octanol–water partition coefficient (Wildman–Crippen LogP) is 0.0466. The Bertz CT molecular complexity index is 419. The number of aryl methyl sites for hydroxylation is 1. The van der Waals surface area contributed by atoms with Gasteiger partial charge in [0.05, 0.1) is 18.8 Å². The maximum atomic E-state index is 12.0. The van der Waals surface area contributed by atoms with Crippen molar-refractivity contribution in [1.82, 2.24) is 24.9 Å². The second kappa shape index (κ2) is 7.86. The first-order valence-electron chi connectivity index (χ1n) is 6.78. The van der Waals surface area contributed by atoms with Gasteiger partial charge >= 0.3 is 6.03 Å². The van der Waals surface area contributed by atoms with E-state index in [2.05, 4.69) is 10.4 Å². The summed E-state index contributed by atoms with van der Waals surface area (Å²) in [7, 11) is 5.80. The molecule has 0 aliphatic carbocycles. The molecule has 114 valence electrons. The van der Waals surface area contributed by atoms with Gasteiger partial charge in [-0.2, -0.15) is 5.10 Å². The number of hydrogen-bond acceptors (Lipinski definition) is 4. The van der Waals surface area contributed by atoms with Gasteiger partial charge in [0.25, 0.3) is 0 Å². The van der Waals surface area contributed by atoms with Crippen LogP contribution in [0.25, 0.3) is 0 Å². The Morgan fingerprint density at radius 3 is 2.70 bits per heavy atom. The normalized spacial score (nSPS) is 12.5. The van der Waals surface area contributed by atoms with Gasteiger partial charge in [0.1, 0.15) is 0 Å². The molecule has 0 saturated heterocycles. The van der Waals surface area contributed by atoms with Crippen molar-refractivity contribution in [2.45, 2.75) is 13.0 Å². The van der Waals surface area contributed by atoms with Gasteiger partial charge < -0.3 is 20.2 Å². The number of carbonyl (C=O) groups is 1. The third kappa shape index (κ3) is 4.50. The minimum atomic E-state index is -0.155. The standard InChI is InChI=1S/C13H25N5O2/c1-5-18(6-7-19)13(20)14-9-12(16(2)3)11-8-15-17(4)10-11/h8,10,12,19H,5-7,9H2,1-4H3,(H,14,20). The molecule has 1 unspecified atom stereocenters. The molecule has 1 aromatic rings. The molecule has 1 rings (SSSR count). The number of rotatable bonds is 7. The number of nitrogens with one attached hydrogen (secondary N) is 1. The van der Waals surface area contributed by atoms with E-state index in [1.165, 1.54) is 0 Å². The minimum absolute atomic E-state index is 0.0268. The fraction of sp³-hybridized carbons (Fsp3) is 0.692. The van der Waals surface area contributed by atoms with E-state index in [4.69, 9.17) is 5.11 Å². The van der Waals surface area contributed by atoms with E-state index in [0.717, 1.165) is 5.56 Å². The third-order valence-electron chi connectivity index (χ3n) is 3.22. The van der Waals surface area contributed by atoms with Crippen molar-refractivity contribution >= 4 is 6.03 Å². The van der Waals surface area contributed by atoms with Crippen LogP contribution in [0.15, 0.2) is 12.4 Å². The first-order valence-corrected chi connectivity index (χ1v) is 6.78. The summed E-state index contributed by atoms with van der Waals surface area (Å²) in [6, 6.07) is -0.0854. The number of aliphatic hydroxyl groups is 1. The van der Waals surface area contributed by atoms with Gasteiger partial charge in [0.2, 0.25) is 0 Å². The molecule has 0 saturated carbocycles. The van der Waals surface area contributed by atoms with Crippen LogP contribution in [0.4, 0.5) is 4.79 Å². The zero-order valence-electron chi connectivity index (χ0n) is 12.7. The molecular weight excluding hydrogens is 258 g/mol. The van der Waals surface area contributed by atoms with Gasteiger partial charge in [-0.3, -0.25) is 4.68 Å². The molecule has 0 aromatic carbocycles. The van der Waals surface area contributed by atoms with Gasteiger partial charge in [-0.15, -0.1) is 0 Å². The molecule has 0 fully saturated rings. The van der Waals surface area contributed by atoms with Gasteiger partial charge in [-0.05, 0) is 21.0 Å². The van der Waals surface area contributed by atoms with Crippen molar-refractivity contribution in [2.75, 3.05) is 40.3 Å². The van der Waals surface area contributed by atoms with Crippen LogP contribution in [-0.2, 0) is 7.05 Å². The fourth-order valence-electron chi connectivity index (χ4n) is 2.03. The molecule has 7 heteroatoms. The number of aliphatic hydroxyl groups excluding tert-OH is 1. The van der Waals surface area contributed by atoms with E-state index in [1.54, 1.807) is 9.58 Å². The molecule has 7 nitrogen and oxygen atoms in total. The van der Waals surface area contributed by atoms with E-state index in [9.17, 15) is 4.79 Å². The van der Waals surface area contributed by atoms with Crippen LogP contribution in [0.2, 0.25) is 0 Å². The Labute approximate surface area is 120 Å². The SMILES string of the molecule is CCN(CCO)C(=O)NCC(c1cnn(C)c1)N(C)C. The maximum absolute atomic E-state index is 12.0. The number of likely N-dealkylation sites (N-methyl/N-ethyl adjacent to an activating group) is 2. The summed E-state index contributed by atoms with van der Waals surface area (Å²) in [6.45, 7) is 3.29. The molecule has 2 amide bonds. The number of aromatic nitrogens is 2. The predicted molar refractivity (Wildman–Crippen MR) is 77.4 cm³/mol. The fourth-order valence-corrected chi connectivity index (χ4v) is 2.03. The number of carbonyl (C=O) groups excluding carboxylic acids is 1. The lowest BCUT2D eigenvalue weighted by atomic mass is 10.1. The van der Waals surface area contributed by atoms with Crippen molar-refractivity contribution in [3.05, 3.63) is 18.0 Å². The van der Waals surface area contributed by atoms with Gasteiger partial charge in [0.15, 0.2) is 0 Å². The minimum Gasteiger partial charge on any atom is -0.395 e. The van der Waals surface area contributed by atoms with Crippen LogP contribution in [0.5, 0.6) is 0 Å². The zero-order chi connectivity index (χ0) is 15.1. The Morgan fingerprint density at radius 2 is 2.25 bits per heavy atom. The Balaban J connectivity index is 2.61.